The Labute approximate surface area is 108 Å². The maximum atomic E-state index is 10.4. The van der Waals surface area contributed by atoms with Gasteiger partial charge in [0.05, 0.1) is 5.75 Å². The molecule has 0 fully saturated rings. The molecule has 0 bridgehead atoms. The molecule has 0 atom stereocenters. The number of hydrogen-bond donors (Lipinski definition) is 1. The molecule has 0 aromatic carbocycles. The molecule has 0 aliphatic rings. The van der Waals surface area contributed by atoms with Crippen LogP contribution in [0.2, 0.25) is 0 Å². The van der Waals surface area contributed by atoms with E-state index >= 15 is 0 Å². The van der Waals surface area contributed by atoms with E-state index in [9.17, 15) is 8.42 Å². The van der Waals surface area contributed by atoms with Crippen LogP contribution < -0.4 is 0 Å². The minimum absolute atomic E-state index is 0.104. The van der Waals surface area contributed by atoms with Gasteiger partial charge >= 0.3 is 0 Å². The molecule has 0 unspecified atom stereocenters. The highest BCUT2D eigenvalue weighted by Crippen LogP contribution is 2.11. The molecule has 1 aromatic heterocycles. The van der Waals surface area contributed by atoms with Gasteiger partial charge in [0.1, 0.15) is 0 Å². The first-order valence-electron chi connectivity index (χ1n) is 5.89. The van der Waals surface area contributed by atoms with Crippen LogP contribution in [0.4, 0.5) is 0 Å². The average molecular weight is 274 g/mol. The van der Waals surface area contributed by atoms with Gasteiger partial charge in [0.2, 0.25) is 0 Å². The summed E-state index contributed by atoms with van der Waals surface area (Å²) in [5.74, 6) is -0.104. The Hall–Kier alpha value is -0.390. The van der Waals surface area contributed by atoms with Gasteiger partial charge < -0.3 is 0 Å². The predicted octanol–water partition coefficient (Wildman–Crippen LogP) is 3.12. The van der Waals surface area contributed by atoms with Crippen molar-refractivity contribution < 1.29 is 13.0 Å². The standard InChI is InChI=1S/C12H18O3S2/c13-17(14,15)10-6-4-2-1-3-5-7-12-8-9-16-11-12/h8H,1-7,10H2,(H,13,14,15). The minimum atomic E-state index is -3.76. The van der Waals surface area contributed by atoms with E-state index in [2.05, 4.69) is 10.8 Å². The summed E-state index contributed by atoms with van der Waals surface area (Å²) in [4.78, 5) is 0. The molecule has 1 heterocycles. The molecule has 0 saturated heterocycles. The lowest BCUT2D eigenvalue weighted by Gasteiger charge is -2.00. The molecule has 1 aromatic rings. The van der Waals surface area contributed by atoms with Gasteiger partial charge in [-0.1, -0.05) is 25.7 Å². The van der Waals surface area contributed by atoms with Crippen molar-refractivity contribution >= 4 is 21.5 Å². The zero-order valence-corrected chi connectivity index (χ0v) is 11.4. The molecule has 2 radical (unpaired) electrons. The summed E-state index contributed by atoms with van der Waals surface area (Å²) in [5, 5.41) is 6.17. The van der Waals surface area contributed by atoms with Crippen molar-refractivity contribution in [2.75, 3.05) is 5.75 Å². The highest BCUT2D eigenvalue weighted by molar-refractivity contribution is 7.85. The summed E-state index contributed by atoms with van der Waals surface area (Å²) in [6.45, 7) is 0. The lowest BCUT2D eigenvalue weighted by Crippen LogP contribution is -2.03. The number of rotatable bonds is 9. The molecule has 0 aliphatic carbocycles. The first-order valence-corrected chi connectivity index (χ1v) is 8.32. The largest absolute Gasteiger partial charge is 0.286 e. The number of thiophene rings is 1. The van der Waals surface area contributed by atoms with E-state index in [4.69, 9.17) is 4.55 Å². The molecule has 5 heteroatoms. The van der Waals surface area contributed by atoms with E-state index in [1.165, 1.54) is 16.9 Å². The second-order valence-corrected chi connectivity index (χ2v) is 6.36. The zero-order chi connectivity index (χ0) is 12.6. The van der Waals surface area contributed by atoms with Gasteiger partial charge in [-0.2, -0.15) is 8.42 Å². The molecular formula is C12H18O3S2. The average Bonchev–Trinajstić information content (AvgIpc) is 2.73. The molecule has 1 N–H and O–H groups in total. The Bertz CT molecular complexity index is 382. The van der Waals surface area contributed by atoms with Crippen molar-refractivity contribution in [2.45, 2.75) is 44.9 Å². The SMILES string of the molecule is O=S(=O)(O)CCCCCCCCc1[c]s[c]c1. The van der Waals surface area contributed by atoms with E-state index < -0.39 is 10.1 Å². The van der Waals surface area contributed by atoms with Crippen LogP contribution in [-0.2, 0) is 16.5 Å². The first kappa shape index (κ1) is 14.7. The normalized spacial score (nSPS) is 11.8. The van der Waals surface area contributed by atoms with Gasteiger partial charge in [0.15, 0.2) is 0 Å². The Balaban J connectivity index is 1.88. The smallest absolute Gasteiger partial charge is 0.264 e. The second-order valence-electron chi connectivity index (χ2n) is 4.15. The van der Waals surface area contributed by atoms with Crippen LogP contribution in [0.5, 0.6) is 0 Å². The van der Waals surface area contributed by atoms with Crippen molar-refractivity contribution in [1.29, 1.82) is 0 Å². The third-order valence-corrected chi connectivity index (χ3v) is 3.98. The first-order chi connectivity index (χ1) is 8.08. The highest BCUT2D eigenvalue weighted by atomic mass is 32.2. The van der Waals surface area contributed by atoms with Crippen molar-refractivity contribution in [2.24, 2.45) is 0 Å². The Morgan fingerprint density at radius 1 is 1.12 bits per heavy atom. The summed E-state index contributed by atoms with van der Waals surface area (Å²) in [6.07, 6.45) is 6.97. The van der Waals surface area contributed by atoms with E-state index in [0.29, 0.717) is 6.42 Å². The van der Waals surface area contributed by atoms with Crippen LogP contribution in [-0.4, -0.2) is 18.7 Å². The molecule has 17 heavy (non-hydrogen) atoms. The molecule has 0 spiro atoms. The van der Waals surface area contributed by atoms with Gasteiger partial charge in [0.25, 0.3) is 10.1 Å². The van der Waals surface area contributed by atoms with Crippen molar-refractivity contribution in [3.8, 4) is 0 Å². The topological polar surface area (TPSA) is 54.4 Å². The fourth-order valence-corrected chi connectivity index (χ4v) is 2.78. The van der Waals surface area contributed by atoms with Crippen LogP contribution in [0.15, 0.2) is 6.07 Å². The quantitative estimate of drug-likeness (QED) is 0.556. The summed E-state index contributed by atoms with van der Waals surface area (Å²) < 4.78 is 29.4. The highest BCUT2D eigenvalue weighted by Gasteiger charge is 2.02. The van der Waals surface area contributed by atoms with E-state index in [0.717, 1.165) is 38.5 Å². The molecule has 3 nitrogen and oxygen atoms in total. The summed E-state index contributed by atoms with van der Waals surface area (Å²) in [6, 6.07) is 1.98. The lowest BCUT2D eigenvalue weighted by atomic mass is 10.1. The zero-order valence-electron chi connectivity index (χ0n) is 9.81. The predicted molar refractivity (Wildman–Crippen MR) is 69.8 cm³/mol. The van der Waals surface area contributed by atoms with Crippen molar-refractivity contribution in [3.63, 3.8) is 0 Å². The van der Waals surface area contributed by atoms with E-state index in [1.54, 1.807) is 0 Å². The number of aryl methyl sites for hydroxylation is 1. The Morgan fingerprint density at radius 3 is 2.35 bits per heavy atom. The third-order valence-electron chi connectivity index (χ3n) is 2.57. The number of hydrogen-bond acceptors (Lipinski definition) is 3. The molecule has 0 aliphatic heterocycles. The van der Waals surface area contributed by atoms with E-state index in [-0.39, 0.29) is 5.75 Å². The summed E-state index contributed by atoms with van der Waals surface area (Å²) in [7, 11) is -3.76. The van der Waals surface area contributed by atoms with Gasteiger partial charge in [-0.05, 0) is 30.9 Å². The second kappa shape index (κ2) is 7.84. The molecular weight excluding hydrogens is 256 g/mol. The van der Waals surface area contributed by atoms with Crippen LogP contribution in [0.3, 0.4) is 0 Å². The van der Waals surface area contributed by atoms with Gasteiger partial charge in [-0.15, -0.1) is 11.3 Å². The van der Waals surface area contributed by atoms with Crippen LogP contribution in [0.25, 0.3) is 0 Å². The summed E-state index contributed by atoms with van der Waals surface area (Å²) in [5.41, 5.74) is 1.24. The van der Waals surface area contributed by atoms with Gasteiger partial charge in [0, 0.05) is 10.8 Å². The maximum Gasteiger partial charge on any atom is 0.264 e. The lowest BCUT2D eigenvalue weighted by molar-refractivity contribution is 0.478. The molecule has 96 valence electrons. The molecule has 0 saturated carbocycles. The Morgan fingerprint density at radius 2 is 1.76 bits per heavy atom. The fourth-order valence-electron chi connectivity index (χ4n) is 1.66. The van der Waals surface area contributed by atoms with Crippen molar-refractivity contribution in [3.05, 3.63) is 22.4 Å². The van der Waals surface area contributed by atoms with Crippen LogP contribution >= 0.6 is 11.3 Å². The van der Waals surface area contributed by atoms with Crippen LogP contribution in [0.1, 0.15) is 44.1 Å². The van der Waals surface area contributed by atoms with Gasteiger partial charge in [-0.25, -0.2) is 0 Å². The maximum absolute atomic E-state index is 10.4. The fraction of sp³-hybridized carbons (Fsp3) is 0.667. The van der Waals surface area contributed by atoms with Crippen LogP contribution in [0, 0.1) is 10.8 Å². The Kier molecular flexibility index (Phi) is 6.77. The van der Waals surface area contributed by atoms with Gasteiger partial charge in [-0.3, -0.25) is 4.55 Å². The summed E-state index contributed by atoms with van der Waals surface area (Å²) >= 11 is 1.49. The minimum Gasteiger partial charge on any atom is -0.286 e. The monoisotopic (exact) mass is 274 g/mol. The third kappa shape index (κ3) is 8.35. The molecule has 0 amide bonds. The van der Waals surface area contributed by atoms with E-state index in [1.807, 2.05) is 6.07 Å². The molecule has 1 rings (SSSR count). The van der Waals surface area contributed by atoms with Crippen molar-refractivity contribution in [1.82, 2.24) is 0 Å². The number of unbranched alkanes of at least 4 members (excludes halogenated alkanes) is 5.